The summed E-state index contributed by atoms with van der Waals surface area (Å²) >= 11 is 1.84. The Balaban J connectivity index is 1.52. The number of aliphatic hydroxyl groups is 1. The van der Waals surface area contributed by atoms with Gasteiger partial charge in [0.25, 0.3) is 0 Å². The zero-order chi connectivity index (χ0) is 20.6. The molecule has 4 rings (SSSR count). The highest BCUT2D eigenvalue weighted by Gasteiger charge is 2.37. The van der Waals surface area contributed by atoms with E-state index in [1.807, 2.05) is 11.3 Å². The van der Waals surface area contributed by atoms with Crippen LogP contribution in [0.5, 0.6) is 0 Å². The average Bonchev–Trinajstić information content (AvgIpc) is 3.20. The number of rotatable bonds is 5. The quantitative estimate of drug-likeness (QED) is 0.682. The summed E-state index contributed by atoms with van der Waals surface area (Å²) in [6.07, 6.45) is 5.75. The van der Waals surface area contributed by atoms with Gasteiger partial charge in [-0.2, -0.15) is 0 Å². The van der Waals surface area contributed by atoms with E-state index in [-0.39, 0.29) is 10.8 Å². The van der Waals surface area contributed by atoms with Gasteiger partial charge in [-0.15, -0.1) is 11.3 Å². The summed E-state index contributed by atoms with van der Waals surface area (Å²) in [5.74, 6) is 0.590. The highest BCUT2D eigenvalue weighted by molar-refractivity contribution is 7.10. The molecule has 2 aliphatic rings. The van der Waals surface area contributed by atoms with Gasteiger partial charge in [0.05, 0.1) is 10.7 Å². The van der Waals surface area contributed by atoms with Crippen LogP contribution in [0.2, 0.25) is 0 Å². The second-order valence-corrected chi connectivity index (χ2v) is 11.2. The molecule has 0 bridgehead atoms. The normalized spacial score (nSPS) is 21.8. The fourth-order valence-corrected chi connectivity index (χ4v) is 6.05. The summed E-state index contributed by atoms with van der Waals surface area (Å²) in [5, 5.41) is 12.6. The van der Waals surface area contributed by atoms with E-state index in [1.165, 1.54) is 47.4 Å². The van der Waals surface area contributed by atoms with E-state index in [1.54, 1.807) is 0 Å². The standard InChI is InChI=1S/C25H36N2OS/c1-24(2)10-11-25(3,4)21-16-19(6-7-20(21)24)22-17-29-23(26-22)18-8-13-27(14-9-18)12-5-15-28/h6-7,16-18,28H,5,8-15H2,1-4H3. The van der Waals surface area contributed by atoms with Crippen LogP contribution in [0.15, 0.2) is 23.6 Å². The third kappa shape index (κ3) is 4.30. The molecule has 4 heteroatoms. The number of benzene rings is 1. The zero-order valence-corrected chi connectivity index (χ0v) is 19.3. The summed E-state index contributed by atoms with van der Waals surface area (Å²) in [6.45, 7) is 13.1. The van der Waals surface area contributed by atoms with Gasteiger partial charge in [-0.05, 0) is 73.2 Å². The molecule has 2 heterocycles. The van der Waals surface area contributed by atoms with E-state index in [0.29, 0.717) is 12.5 Å². The Kier molecular flexibility index (Phi) is 5.89. The molecule has 1 N–H and O–H groups in total. The number of aliphatic hydroxyl groups excluding tert-OH is 1. The van der Waals surface area contributed by atoms with Crippen molar-refractivity contribution in [2.45, 2.75) is 76.5 Å². The molecule has 0 radical (unpaired) electrons. The van der Waals surface area contributed by atoms with Gasteiger partial charge in [0, 0.05) is 30.0 Å². The predicted octanol–water partition coefficient (Wildman–Crippen LogP) is 5.72. The lowest BCUT2D eigenvalue weighted by atomic mass is 9.63. The molecule has 0 saturated carbocycles. The third-order valence-electron chi connectivity index (χ3n) is 7.24. The van der Waals surface area contributed by atoms with Gasteiger partial charge in [0.15, 0.2) is 0 Å². The van der Waals surface area contributed by atoms with Crippen LogP contribution < -0.4 is 0 Å². The predicted molar refractivity (Wildman–Crippen MR) is 123 cm³/mol. The Morgan fingerprint density at radius 3 is 2.45 bits per heavy atom. The fourth-order valence-electron chi connectivity index (χ4n) is 5.05. The molecule has 2 aromatic rings. The summed E-state index contributed by atoms with van der Waals surface area (Å²) in [5.41, 5.74) is 5.95. The van der Waals surface area contributed by atoms with Crippen LogP contribution in [-0.2, 0) is 10.8 Å². The Labute approximate surface area is 180 Å². The first-order valence-corrected chi connectivity index (χ1v) is 12.1. The minimum absolute atomic E-state index is 0.237. The summed E-state index contributed by atoms with van der Waals surface area (Å²) in [7, 11) is 0. The number of hydrogen-bond donors (Lipinski definition) is 1. The van der Waals surface area contributed by atoms with E-state index in [2.05, 4.69) is 56.2 Å². The number of fused-ring (bicyclic) bond motifs is 1. The lowest BCUT2D eigenvalue weighted by molar-refractivity contribution is 0.187. The summed E-state index contributed by atoms with van der Waals surface area (Å²) in [6, 6.07) is 7.08. The molecule has 0 atom stereocenters. The maximum atomic E-state index is 9.04. The van der Waals surface area contributed by atoms with Crippen molar-refractivity contribution in [3.05, 3.63) is 39.7 Å². The van der Waals surface area contributed by atoms with E-state index in [9.17, 15) is 0 Å². The molecular formula is C25H36N2OS. The molecule has 0 unspecified atom stereocenters. The van der Waals surface area contributed by atoms with E-state index < -0.39 is 0 Å². The second-order valence-electron chi connectivity index (χ2n) is 10.3. The van der Waals surface area contributed by atoms with E-state index in [0.717, 1.165) is 31.7 Å². The number of thiazole rings is 1. The van der Waals surface area contributed by atoms with Crippen molar-refractivity contribution in [2.75, 3.05) is 26.2 Å². The van der Waals surface area contributed by atoms with E-state index >= 15 is 0 Å². The van der Waals surface area contributed by atoms with Gasteiger partial charge in [-0.3, -0.25) is 0 Å². The van der Waals surface area contributed by atoms with Crippen molar-refractivity contribution in [3.8, 4) is 11.3 Å². The molecular weight excluding hydrogens is 376 g/mol. The summed E-state index contributed by atoms with van der Waals surface area (Å²) < 4.78 is 0. The Morgan fingerprint density at radius 2 is 1.76 bits per heavy atom. The topological polar surface area (TPSA) is 36.4 Å². The van der Waals surface area contributed by atoms with Crippen molar-refractivity contribution >= 4 is 11.3 Å². The Hall–Kier alpha value is -1.23. The van der Waals surface area contributed by atoms with Crippen molar-refractivity contribution < 1.29 is 5.11 Å². The highest BCUT2D eigenvalue weighted by atomic mass is 32.1. The van der Waals surface area contributed by atoms with Crippen LogP contribution in [0.25, 0.3) is 11.3 Å². The first-order valence-electron chi connectivity index (χ1n) is 11.2. The van der Waals surface area contributed by atoms with Crippen LogP contribution in [0.1, 0.15) is 81.9 Å². The minimum Gasteiger partial charge on any atom is -0.396 e. The molecule has 3 nitrogen and oxygen atoms in total. The third-order valence-corrected chi connectivity index (χ3v) is 8.25. The maximum absolute atomic E-state index is 9.04. The first kappa shape index (κ1) is 21.0. The zero-order valence-electron chi connectivity index (χ0n) is 18.5. The molecule has 1 aliphatic heterocycles. The number of likely N-dealkylation sites (tertiary alicyclic amines) is 1. The second kappa shape index (κ2) is 8.13. The van der Waals surface area contributed by atoms with Gasteiger partial charge in [0.2, 0.25) is 0 Å². The van der Waals surface area contributed by atoms with Gasteiger partial charge >= 0.3 is 0 Å². The molecule has 1 aliphatic carbocycles. The SMILES string of the molecule is CC1(C)CCC(C)(C)c2cc(-c3csc(C4CCN(CCCO)CC4)n3)ccc21. The molecule has 1 aromatic heterocycles. The van der Waals surface area contributed by atoms with E-state index in [4.69, 9.17) is 10.1 Å². The molecule has 1 aromatic carbocycles. The Morgan fingerprint density at radius 1 is 1.07 bits per heavy atom. The van der Waals surface area contributed by atoms with Crippen molar-refractivity contribution in [1.29, 1.82) is 0 Å². The van der Waals surface area contributed by atoms with Gasteiger partial charge in [-0.25, -0.2) is 4.98 Å². The largest absolute Gasteiger partial charge is 0.396 e. The monoisotopic (exact) mass is 412 g/mol. The van der Waals surface area contributed by atoms with Crippen molar-refractivity contribution in [1.82, 2.24) is 9.88 Å². The maximum Gasteiger partial charge on any atom is 0.0964 e. The van der Waals surface area contributed by atoms with Crippen molar-refractivity contribution in [3.63, 3.8) is 0 Å². The number of aromatic nitrogens is 1. The molecule has 0 spiro atoms. The fraction of sp³-hybridized carbons (Fsp3) is 0.640. The van der Waals surface area contributed by atoms with Gasteiger partial charge < -0.3 is 10.0 Å². The van der Waals surface area contributed by atoms with Crippen LogP contribution in [-0.4, -0.2) is 41.2 Å². The van der Waals surface area contributed by atoms with Crippen LogP contribution >= 0.6 is 11.3 Å². The Bertz CT molecular complexity index is 846. The average molecular weight is 413 g/mol. The van der Waals surface area contributed by atoms with Gasteiger partial charge in [-0.1, -0.05) is 39.8 Å². The number of piperidine rings is 1. The minimum atomic E-state index is 0.237. The van der Waals surface area contributed by atoms with Gasteiger partial charge in [0.1, 0.15) is 0 Å². The highest BCUT2D eigenvalue weighted by Crippen LogP contribution is 2.47. The van der Waals surface area contributed by atoms with Crippen LogP contribution in [0.4, 0.5) is 0 Å². The first-order chi connectivity index (χ1) is 13.8. The smallest absolute Gasteiger partial charge is 0.0964 e. The van der Waals surface area contributed by atoms with Crippen LogP contribution in [0.3, 0.4) is 0 Å². The lowest BCUT2D eigenvalue weighted by Crippen LogP contribution is -2.34. The summed E-state index contributed by atoms with van der Waals surface area (Å²) in [4.78, 5) is 7.57. The molecule has 1 saturated heterocycles. The molecule has 158 valence electrons. The molecule has 0 amide bonds. The number of hydrogen-bond acceptors (Lipinski definition) is 4. The molecule has 29 heavy (non-hydrogen) atoms. The molecule has 1 fully saturated rings. The number of nitrogens with zero attached hydrogens (tertiary/aromatic N) is 2. The lowest BCUT2D eigenvalue weighted by Gasteiger charge is -2.42. The van der Waals surface area contributed by atoms with Crippen LogP contribution in [0, 0.1) is 0 Å². The van der Waals surface area contributed by atoms with Crippen molar-refractivity contribution in [2.24, 2.45) is 0 Å².